The van der Waals surface area contributed by atoms with Crippen LogP contribution in [-0.2, 0) is 4.74 Å². The average molecular weight is 515 g/mol. The molecule has 0 bridgehead atoms. The van der Waals surface area contributed by atoms with Gasteiger partial charge in [0.15, 0.2) is 10.6 Å². The summed E-state index contributed by atoms with van der Waals surface area (Å²) in [7, 11) is 0. The van der Waals surface area contributed by atoms with E-state index in [1.165, 1.54) is 4.90 Å². The van der Waals surface area contributed by atoms with Gasteiger partial charge in [0.1, 0.15) is 10.5 Å². The molecule has 2 aromatic carbocycles. The Balaban J connectivity index is 1.76. The lowest BCUT2D eigenvalue weighted by Crippen LogP contribution is -2.29. The van der Waals surface area contributed by atoms with E-state index >= 15 is 0 Å². The molecule has 2 aromatic heterocycles. The van der Waals surface area contributed by atoms with Crippen molar-refractivity contribution in [2.45, 2.75) is 19.9 Å². The Kier molecular flexibility index (Phi) is 5.67. The van der Waals surface area contributed by atoms with E-state index in [1.807, 2.05) is 0 Å². The Morgan fingerprint density at radius 2 is 1.94 bits per heavy atom. The largest absolute Gasteiger partial charge is 0.462 e. The van der Waals surface area contributed by atoms with Gasteiger partial charge in [-0.15, -0.1) is 0 Å². The molecule has 0 N–H and O–H groups in total. The number of thiazole rings is 1. The van der Waals surface area contributed by atoms with Gasteiger partial charge in [-0.2, -0.15) is 0 Å². The third-order valence-electron chi connectivity index (χ3n) is 5.49. The summed E-state index contributed by atoms with van der Waals surface area (Å²) in [5, 5.41) is 1.19. The van der Waals surface area contributed by atoms with Crippen molar-refractivity contribution in [2.75, 3.05) is 11.5 Å². The predicted octanol–water partition coefficient (Wildman–Crippen LogP) is 5.79. The second-order valence-electron chi connectivity index (χ2n) is 7.55. The smallest absolute Gasteiger partial charge is 0.350 e. The topological polar surface area (TPSA) is 89.7 Å². The van der Waals surface area contributed by atoms with E-state index in [0.717, 1.165) is 11.3 Å². The summed E-state index contributed by atoms with van der Waals surface area (Å²) in [6.45, 7) is 3.57. The summed E-state index contributed by atoms with van der Waals surface area (Å²) < 4.78 is 11.0. The van der Waals surface area contributed by atoms with Gasteiger partial charge >= 0.3 is 5.97 Å². The first-order valence-corrected chi connectivity index (χ1v) is 11.9. The van der Waals surface area contributed by atoms with Crippen molar-refractivity contribution >= 4 is 62.5 Å². The van der Waals surface area contributed by atoms with E-state index < -0.39 is 17.9 Å². The third-order valence-corrected chi connectivity index (χ3v) is 7.37. The number of benzene rings is 2. The van der Waals surface area contributed by atoms with E-state index in [2.05, 4.69) is 4.98 Å². The predicted molar refractivity (Wildman–Crippen MR) is 130 cm³/mol. The SMILES string of the molecule is CCOC(=O)c1sc(N2C(=O)c3oc4ccccc4c(=O)c3C2c2ccc(Cl)c(Cl)c2)nc1C. The lowest BCUT2D eigenvalue weighted by molar-refractivity contribution is 0.0531. The van der Waals surface area contributed by atoms with Crippen LogP contribution in [0.3, 0.4) is 0 Å². The molecular weight excluding hydrogens is 499 g/mol. The van der Waals surface area contributed by atoms with E-state index in [1.54, 1.807) is 56.3 Å². The molecule has 10 heteroatoms. The van der Waals surface area contributed by atoms with E-state index in [-0.39, 0.29) is 38.4 Å². The molecule has 172 valence electrons. The minimum absolute atomic E-state index is 0.0784. The molecule has 1 atom stereocenters. The van der Waals surface area contributed by atoms with Crippen LogP contribution >= 0.6 is 34.5 Å². The van der Waals surface area contributed by atoms with Gasteiger partial charge in [-0.05, 0) is 43.7 Å². The summed E-state index contributed by atoms with van der Waals surface area (Å²) in [5.41, 5.74) is 1.11. The number of aryl methyl sites for hydroxylation is 1. The maximum absolute atomic E-state index is 13.6. The number of nitrogens with zero attached hydrogens (tertiary/aromatic N) is 2. The number of ether oxygens (including phenoxy) is 1. The lowest BCUT2D eigenvalue weighted by Gasteiger charge is -2.22. The summed E-state index contributed by atoms with van der Waals surface area (Å²) in [6.07, 6.45) is 0. The van der Waals surface area contributed by atoms with Gasteiger partial charge in [0.05, 0.1) is 39.3 Å². The molecule has 0 fully saturated rings. The van der Waals surface area contributed by atoms with Gasteiger partial charge in [-0.1, -0.05) is 52.7 Å². The molecule has 1 unspecified atom stereocenters. The maximum Gasteiger partial charge on any atom is 0.350 e. The zero-order valence-corrected chi connectivity index (χ0v) is 20.3. The van der Waals surface area contributed by atoms with Crippen LogP contribution in [0.5, 0.6) is 0 Å². The summed E-state index contributed by atoms with van der Waals surface area (Å²) in [4.78, 5) is 45.7. The molecule has 34 heavy (non-hydrogen) atoms. The molecular formula is C24H16Cl2N2O5S. The van der Waals surface area contributed by atoms with Crippen LogP contribution in [0.2, 0.25) is 10.0 Å². The second-order valence-corrected chi connectivity index (χ2v) is 9.34. The Hall–Kier alpha value is -3.20. The number of anilines is 1. The van der Waals surface area contributed by atoms with Gasteiger partial charge in [-0.3, -0.25) is 14.5 Å². The highest BCUT2D eigenvalue weighted by molar-refractivity contribution is 7.17. The number of hydrogen-bond donors (Lipinski definition) is 0. The fraction of sp³-hybridized carbons (Fsp3) is 0.167. The summed E-state index contributed by atoms with van der Waals surface area (Å²) in [5.74, 6) is -1.15. The molecule has 0 radical (unpaired) electrons. The van der Waals surface area contributed by atoms with Crippen LogP contribution in [0.4, 0.5) is 5.13 Å². The first-order valence-electron chi connectivity index (χ1n) is 10.3. The molecule has 1 aliphatic rings. The molecule has 3 heterocycles. The normalized spacial score (nSPS) is 15.1. The van der Waals surface area contributed by atoms with Gasteiger partial charge in [-0.25, -0.2) is 9.78 Å². The monoisotopic (exact) mass is 514 g/mol. The fourth-order valence-electron chi connectivity index (χ4n) is 3.99. The Morgan fingerprint density at radius 1 is 1.18 bits per heavy atom. The first kappa shape index (κ1) is 22.6. The van der Waals surface area contributed by atoms with Crippen LogP contribution in [0.1, 0.15) is 50.0 Å². The van der Waals surface area contributed by atoms with Crippen molar-refractivity contribution in [1.29, 1.82) is 0 Å². The third kappa shape index (κ3) is 3.50. The molecule has 0 saturated heterocycles. The van der Waals surface area contributed by atoms with Crippen molar-refractivity contribution < 1.29 is 18.7 Å². The molecule has 1 aliphatic heterocycles. The van der Waals surface area contributed by atoms with Crippen molar-refractivity contribution in [3.8, 4) is 0 Å². The zero-order chi connectivity index (χ0) is 24.1. The number of amides is 1. The highest BCUT2D eigenvalue weighted by Crippen LogP contribution is 2.44. The van der Waals surface area contributed by atoms with Gasteiger partial charge < -0.3 is 9.15 Å². The molecule has 0 spiro atoms. The Bertz CT molecular complexity index is 1540. The Labute approximate surface area is 207 Å². The number of carbonyl (C=O) groups excluding carboxylic acids is 2. The number of para-hydroxylation sites is 1. The fourth-order valence-corrected chi connectivity index (χ4v) is 5.28. The number of hydrogen-bond acceptors (Lipinski definition) is 7. The van der Waals surface area contributed by atoms with Crippen LogP contribution in [-0.4, -0.2) is 23.5 Å². The zero-order valence-electron chi connectivity index (χ0n) is 17.9. The van der Waals surface area contributed by atoms with Crippen molar-refractivity contribution in [2.24, 2.45) is 0 Å². The molecule has 5 rings (SSSR count). The second kappa shape index (κ2) is 8.54. The molecule has 1 amide bonds. The lowest BCUT2D eigenvalue weighted by atomic mass is 9.99. The highest BCUT2D eigenvalue weighted by Gasteiger charge is 2.45. The summed E-state index contributed by atoms with van der Waals surface area (Å²) in [6, 6.07) is 10.7. The van der Waals surface area contributed by atoms with E-state index in [0.29, 0.717) is 27.2 Å². The Morgan fingerprint density at radius 3 is 2.68 bits per heavy atom. The van der Waals surface area contributed by atoms with Gasteiger partial charge in [0.25, 0.3) is 5.91 Å². The number of aromatic nitrogens is 1. The molecule has 0 aliphatic carbocycles. The minimum Gasteiger partial charge on any atom is -0.462 e. The van der Waals surface area contributed by atoms with Gasteiger partial charge in [0.2, 0.25) is 5.76 Å². The highest BCUT2D eigenvalue weighted by atomic mass is 35.5. The summed E-state index contributed by atoms with van der Waals surface area (Å²) >= 11 is 13.4. The number of carbonyl (C=O) groups is 2. The average Bonchev–Trinajstić information content (AvgIpc) is 3.33. The standard InChI is InChI=1S/C24H16Cl2N2O5S/c1-3-32-23(31)21-11(2)27-24(34-21)28-18(12-8-9-14(25)15(26)10-12)17-19(29)13-6-4-5-7-16(13)33-20(17)22(28)30/h4-10,18H,3H2,1-2H3. The van der Waals surface area contributed by atoms with Crippen molar-refractivity contribution in [1.82, 2.24) is 4.98 Å². The first-order chi connectivity index (χ1) is 16.3. The number of halogens is 2. The van der Waals surface area contributed by atoms with Crippen molar-refractivity contribution in [3.63, 3.8) is 0 Å². The van der Waals surface area contributed by atoms with Crippen LogP contribution in [0, 0.1) is 6.92 Å². The van der Waals surface area contributed by atoms with E-state index in [4.69, 9.17) is 32.4 Å². The van der Waals surface area contributed by atoms with Gasteiger partial charge in [0, 0.05) is 0 Å². The van der Waals surface area contributed by atoms with Crippen LogP contribution in [0.15, 0.2) is 51.7 Å². The maximum atomic E-state index is 13.6. The molecule has 0 saturated carbocycles. The minimum atomic E-state index is -0.876. The number of esters is 1. The van der Waals surface area contributed by atoms with Crippen LogP contribution in [0.25, 0.3) is 11.0 Å². The quantitative estimate of drug-likeness (QED) is 0.320. The van der Waals surface area contributed by atoms with Crippen LogP contribution < -0.4 is 10.3 Å². The number of rotatable bonds is 4. The molecule has 4 aromatic rings. The van der Waals surface area contributed by atoms with E-state index in [9.17, 15) is 14.4 Å². The van der Waals surface area contributed by atoms with Crippen molar-refractivity contribution in [3.05, 3.63) is 90.2 Å². The number of fused-ring (bicyclic) bond motifs is 2. The molecule has 7 nitrogen and oxygen atoms in total.